The minimum absolute atomic E-state index is 0. The molecule has 0 radical (unpaired) electrons. The van der Waals surface area contributed by atoms with Gasteiger partial charge >= 0.3 is 0 Å². The van der Waals surface area contributed by atoms with Gasteiger partial charge in [0.15, 0.2) is 11.5 Å². The summed E-state index contributed by atoms with van der Waals surface area (Å²) in [7, 11) is 0. The largest absolute Gasteiger partial charge is 0.504 e. The summed E-state index contributed by atoms with van der Waals surface area (Å²) in [6.07, 6.45) is 3.64. The third kappa shape index (κ3) is 2.64. The molecule has 2 aromatic rings. The number of aryl methyl sites for hydroxylation is 1. The van der Waals surface area contributed by atoms with Gasteiger partial charge in [0, 0.05) is 17.5 Å². The van der Waals surface area contributed by atoms with Crippen LogP contribution in [0, 0.1) is 0 Å². The molecule has 3 atom stereocenters. The second-order valence-corrected chi connectivity index (χ2v) is 6.65. The smallest absolute Gasteiger partial charge is 0.160 e. The number of hydrogen-bond acceptors (Lipinski definition) is 3. The Morgan fingerprint density at radius 1 is 1.09 bits per heavy atom. The molecule has 0 aromatic heterocycles. The number of nitrogens with two attached hydrogens (primary N) is 1. The summed E-state index contributed by atoms with van der Waals surface area (Å²) in [5.41, 5.74) is 11.0. The van der Waals surface area contributed by atoms with E-state index in [0.29, 0.717) is 5.92 Å². The monoisotopic (exact) mass is 375 g/mol. The van der Waals surface area contributed by atoms with Crippen molar-refractivity contribution < 1.29 is 10.2 Å². The molecule has 4 heteroatoms. The van der Waals surface area contributed by atoms with Crippen LogP contribution in [0.3, 0.4) is 0 Å². The van der Waals surface area contributed by atoms with E-state index in [1.165, 1.54) is 16.7 Å². The van der Waals surface area contributed by atoms with E-state index in [0.717, 1.165) is 31.2 Å². The first kappa shape index (κ1) is 16.3. The molecule has 23 heavy (non-hydrogen) atoms. The lowest BCUT2D eigenvalue weighted by Crippen LogP contribution is -2.37. The highest BCUT2D eigenvalue weighted by Gasteiger charge is 2.38. The Morgan fingerprint density at radius 3 is 2.57 bits per heavy atom. The SMILES string of the molecule is Br.N[C@H]1CCc2cc(O)c(O)c3c2[C@H]1C[C@H](c1ccccc1)C3. The zero-order chi connectivity index (χ0) is 15.3. The molecule has 4 rings (SSSR count). The first-order valence-electron chi connectivity index (χ1n) is 8.02. The van der Waals surface area contributed by atoms with E-state index in [-0.39, 0.29) is 40.4 Å². The van der Waals surface area contributed by atoms with Crippen molar-refractivity contribution in [1.82, 2.24) is 0 Å². The molecule has 122 valence electrons. The molecule has 3 nitrogen and oxygen atoms in total. The van der Waals surface area contributed by atoms with Gasteiger partial charge in [0.05, 0.1) is 0 Å². The van der Waals surface area contributed by atoms with E-state index in [1.54, 1.807) is 6.07 Å². The maximum Gasteiger partial charge on any atom is 0.160 e. The van der Waals surface area contributed by atoms with Crippen LogP contribution >= 0.6 is 17.0 Å². The number of hydrogen-bond donors (Lipinski definition) is 3. The van der Waals surface area contributed by atoms with Crippen molar-refractivity contribution in [2.45, 2.75) is 43.6 Å². The zero-order valence-electron chi connectivity index (χ0n) is 12.9. The van der Waals surface area contributed by atoms with Crippen LogP contribution < -0.4 is 5.73 Å². The maximum atomic E-state index is 10.4. The quantitative estimate of drug-likeness (QED) is 0.664. The lowest BCUT2D eigenvalue weighted by Gasteiger charge is -2.40. The molecule has 0 bridgehead atoms. The number of phenolic OH excluding ortho intramolecular Hbond substituents is 2. The van der Waals surface area contributed by atoms with Gasteiger partial charge in [-0.2, -0.15) is 0 Å². The fraction of sp³-hybridized carbons (Fsp3) is 0.368. The van der Waals surface area contributed by atoms with Crippen molar-refractivity contribution in [2.75, 3.05) is 0 Å². The maximum absolute atomic E-state index is 10.4. The number of aromatic hydroxyl groups is 2. The normalized spacial score (nSPS) is 25.3. The minimum atomic E-state index is 0. The van der Waals surface area contributed by atoms with Gasteiger partial charge in [-0.3, -0.25) is 0 Å². The topological polar surface area (TPSA) is 66.5 Å². The molecule has 0 spiro atoms. The predicted octanol–water partition coefficient (Wildman–Crippen LogP) is 3.76. The molecule has 0 aliphatic heterocycles. The summed E-state index contributed by atoms with van der Waals surface area (Å²) in [5, 5.41) is 20.4. The average Bonchev–Trinajstić information content (AvgIpc) is 2.56. The lowest BCUT2D eigenvalue weighted by molar-refractivity contribution is 0.360. The first-order chi connectivity index (χ1) is 10.6. The molecular weight excluding hydrogens is 354 g/mol. The summed E-state index contributed by atoms with van der Waals surface area (Å²) < 4.78 is 0. The Morgan fingerprint density at radius 2 is 1.83 bits per heavy atom. The lowest BCUT2D eigenvalue weighted by atomic mass is 9.66. The molecule has 0 heterocycles. The van der Waals surface area contributed by atoms with Crippen molar-refractivity contribution in [2.24, 2.45) is 5.73 Å². The molecule has 2 aromatic carbocycles. The molecule has 0 unspecified atom stereocenters. The molecular formula is C19H22BrNO2. The standard InChI is InChI=1S/C19H21NO2.BrH/c20-16-7-6-12-10-17(21)19(22)15-9-13(8-14(16)18(12)15)11-4-2-1-3-5-11;/h1-5,10,13-14,16,21-22H,6-9,20H2;1H/t13-,14-,16-;/m0./s1. The summed E-state index contributed by atoms with van der Waals surface area (Å²) in [6, 6.07) is 12.3. The Balaban J connectivity index is 0.00000156. The van der Waals surface area contributed by atoms with Crippen LogP contribution in [-0.2, 0) is 12.8 Å². The molecule has 0 fully saturated rings. The molecule has 0 amide bonds. The molecule has 0 saturated heterocycles. The van der Waals surface area contributed by atoms with Gasteiger partial charge in [-0.05, 0) is 54.4 Å². The highest BCUT2D eigenvalue weighted by Crippen LogP contribution is 2.50. The number of rotatable bonds is 1. The van der Waals surface area contributed by atoms with Crippen LogP contribution in [0.25, 0.3) is 0 Å². The van der Waals surface area contributed by atoms with Crippen LogP contribution in [0.5, 0.6) is 11.5 Å². The highest BCUT2D eigenvalue weighted by atomic mass is 79.9. The fourth-order valence-corrected chi connectivity index (χ4v) is 4.31. The number of benzene rings is 2. The van der Waals surface area contributed by atoms with Gasteiger partial charge < -0.3 is 15.9 Å². The summed E-state index contributed by atoms with van der Waals surface area (Å²) in [4.78, 5) is 0. The second kappa shape index (κ2) is 6.17. The van der Waals surface area contributed by atoms with E-state index in [1.807, 2.05) is 6.07 Å². The molecule has 4 N–H and O–H groups in total. The van der Waals surface area contributed by atoms with Crippen molar-refractivity contribution >= 4 is 17.0 Å². The number of phenols is 2. The third-order valence-electron chi connectivity index (χ3n) is 5.41. The van der Waals surface area contributed by atoms with Gasteiger partial charge in [0.1, 0.15) is 0 Å². The van der Waals surface area contributed by atoms with E-state index < -0.39 is 0 Å². The Kier molecular flexibility index (Phi) is 4.39. The predicted molar refractivity (Wildman–Crippen MR) is 96.6 cm³/mol. The van der Waals surface area contributed by atoms with Gasteiger partial charge in [0.25, 0.3) is 0 Å². The Bertz CT molecular complexity index is 717. The number of halogens is 1. The fourth-order valence-electron chi connectivity index (χ4n) is 4.31. The average molecular weight is 376 g/mol. The van der Waals surface area contributed by atoms with Gasteiger partial charge in [-0.1, -0.05) is 30.3 Å². The first-order valence-corrected chi connectivity index (χ1v) is 8.02. The zero-order valence-corrected chi connectivity index (χ0v) is 14.6. The molecule has 2 aliphatic rings. The summed E-state index contributed by atoms with van der Waals surface area (Å²) >= 11 is 0. The Labute approximate surface area is 146 Å². The van der Waals surface area contributed by atoms with Crippen LogP contribution in [0.4, 0.5) is 0 Å². The van der Waals surface area contributed by atoms with E-state index in [9.17, 15) is 10.2 Å². The van der Waals surface area contributed by atoms with E-state index in [4.69, 9.17) is 5.73 Å². The van der Waals surface area contributed by atoms with Crippen molar-refractivity contribution in [3.05, 3.63) is 58.7 Å². The second-order valence-electron chi connectivity index (χ2n) is 6.65. The summed E-state index contributed by atoms with van der Waals surface area (Å²) in [6.45, 7) is 0. The van der Waals surface area contributed by atoms with Crippen LogP contribution in [0.2, 0.25) is 0 Å². The van der Waals surface area contributed by atoms with Crippen molar-refractivity contribution in [1.29, 1.82) is 0 Å². The highest BCUT2D eigenvalue weighted by molar-refractivity contribution is 8.93. The summed E-state index contributed by atoms with van der Waals surface area (Å²) in [5.74, 6) is 0.697. The van der Waals surface area contributed by atoms with E-state index in [2.05, 4.69) is 24.3 Å². The van der Waals surface area contributed by atoms with Gasteiger partial charge in [-0.25, -0.2) is 0 Å². The van der Waals surface area contributed by atoms with Crippen LogP contribution in [-0.4, -0.2) is 16.3 Å². The molecule has 2 aliphatic carbocycles. The minimum Gasteiger partial charge on any atom is -0.504 e. The Hall–Kier alpha value is -1.52. The van der Waals surface area contributed by atoms with Gasteiger partial charge in [0.2, 0.25) is 0 Å². The van der Waals surface area contributed by atoms with Crippen LogP contribution in [0.1, 0.15) is 46.9 Å². The van der Waals surface area contributed by atoms with E-state index >= 15 is 0 Å². The van der Waals surface area contributed by atoms with Crippen molar-refractivity contribution in [3.63, 3.8) is 0 Å². The molecule has 0 saturated carbocycles. The third-order valence-corrected chi connectivity index (χ3v) is 5.41. The van der Waals surface area contributed by atoms with Crippen LogP contribution in [0.15, 0.2) is 36.4 Å². The van der Waals surface area contributed by atoms with Crippen molar-refractivity contribution in [3.8, 4) is 11.5 Å². The van der Waals surface area contributed by atoms with Gasteiger partial charge in [-0.15, -0.1) is 17.0 Å².